The lowest BCUT2D eigenvalue weighted by atomic mass is 10.0. The van der Waals surface area contributed by atoms with Crippen molar-refractivity contribution in [1.29, 1.82) is 0 Å². The van der Waals surface area contributed by atoms with Crippen LogP contribution in [0.25, 0.3) is 0 Å². The lowest BCUT2D eigenvalue weighted by Crippen LogP contribution is -2.33. The van der Waals surface area contributed by atoms with Crippen molar-refractivity contribution >= 4 is 23.2 Å². The van der Waals surface area contributed by atoms with Gasteiger partial charge in [-0.3, -0.25) is 4.79 Å². The molecule has 0 heterocycles. The molecule has 19 heavy (non-hydrogen) atoms. The Morgan fingerprint density at radius 2 is 2.00 bits per heavy atom. The quantitative estimate of drug-likeness (QED) is 0.830. The lowest BCUT2D eigenvalue weighted by Gasteiger charge is -2.17. The average Bonchev–Trinajstić information content (AvgIpc) is 2.30. The summed E-state index contributed by atoms with van der Waals surface area (Å²) in [6.45, 7) is 9.08. The number of carbonyl (C=O) groups excluding carboxylic acids is 1. The average molecular weight is 283 g/mol. The molecule has 1 unspecified atom stereocenters. The van der Waals surface area contributed by atoms with Gasteiger partial charge in [0.2, 0.25) is 0 Å². The smallest absolute Gasteiger partial charge is 0.253 e. The van der Waals surface area contributed by atoms with Crippen molar-refractivity contribution in [3.8, 4) is 0 Å². The van der Waals surface area contributed by atoms with Crippen LogP contribution in [0.3, 0.4) is 0 Å². The highest BCUT2D eigenvalue weighted by molar-refractivity contribution is 6.31. The summed E-state index contributed by atoms with van der Waals surface area (Å²) in [5.74, 6) is 0.481. The first-order valence-electron chi connectivity index (χ1n) is 6.78. The van der Waals surface area contributed by atoms with Gasteiger partial charge in [0.05, 0.1) is 5.56 Å². The molecule has 0 bridgehead atoms. The third kappa shape index (κ3) is 5.11. The van der Waals surface area contributed by atoms with Crippen molar-refractivity contribution in [2.24, 2.45) is 5.92 Å². The number of rotatable bonds is 6. The van der Waals surface area contributed by atoms with Crippen LogP contribution in [0.15, 0.2) is 18.2 Å². The summed E-state index contributed by atoms with van der Waals surface area (Å²) in [5, 5.41) is 6.77. The van der Waals surface area contributed by atoms with E-state index in [1.165, 1.54) is 0 Å². The third-order valence-corrected chi connectivity index (χ3v) is 3.03. The molecule has 0 spiro atoms. The summed E-state index contributed by atoms with van der Waals surface area (Å²) in [5.41, 5.74) is 1.42. The van der Waals surface area contributed by atoms with Gasteiger partial charge in [0.1, 0.15) is 0 Å². The molecule has 0 saturated carbocycles. The normalized spacial score (nSPS) is 12.3. The minimum absolute atomic E-state index is 0.0772. The summed E-state index contributed by atoms with van der Waals surface area (Å²) in [7, 11) is 0. The second-order valence-electron chi connectivity index (χ2n) is 5.22. The van der Waals surface area contributed by atoms with Crippen LogP contribution in [0.2, 0.25) is 5.02 Å². The van der Waals surface area contributed by atoms with E-state index in [2.05, 4.69) is 24.5 Å². The SMILES string of the molecule is CCNc1ccc(Cl)cc1C(=O)NC(C)CC(C)C. The lowest BCUT2D eigenvalue weighted by molar-refractivity contribution is 0.0937. The van der Waals surface area contributed by atoms with Crippen LogP contribution in [0, 0.1) is 5.92 Å². The zero-order valence-electron chi connectivity index (χ0n) is 12.1. The topological polar surface area (TPSA) is 41.1 Å². The van der Waals surface area contributed by atoms with E-state index in [1.807, 2.05) is 19.9 Å². The number of hydrogen-bond donors (Lipinski definition) is 2. The number of hydrogen-bond acceptors (Lipinski definition) is 2. The Morgan fingerprint density at radius 3 is 2.58 bits per heavy atom. The van der Waals surface area contributed by atoms with Crippen molar-refractivity contribution in [3.05, 3.63) is 28.8 Å². The molecule has 3 nitrogen and oxygen atoms in total. The van der Waals surface area contributed by atoms with Gasteiger partial charge in [0.15, 0.2) is 0 Å². The summed E-state index contributed by atoms with van der Waals surface area (Å²) in [6, 6.07) is 5.49. The van der Waals surface area contributed by atoms with E-state index in [9.17, 15) is 4.79 Å². The van der Waals surface area contributed by atoms with Gasteiger partial charge in [-0.25, -0.2) is 0 Å². The molecule has 0 aromatic heterocycles. The van der Waals surface area contributed by atoms with Gasteiger partial charge in [-0.15, -0.1) is 0 Å². The summed E-state index contributed by atoms with van der Waals surface area (Å²) in [6.07, 6.45) is 0.961. The molecule has 0 radical (unpaired) electrons. The van der Waals surface area contributed by atoms with Gasteiger partial charge in [-0.1, -0.05) is 25.4 Å². The molecule has 1 rings (SSSR count). The third-order valence-electron chi connectivity index (χ3n) is 2.80. The van der Waals surface area contributed by atoms with E-state index in [-0.39, 0.29) is 11.9 Å². The van der Waals surface area contributed by atoms with Crippen LogP contribution in [0.1, 0.15) is 44.5 Å². The van der Waals surface area contributed by atoms with Crippen molar-refractivity contribution in [1.82, 2.24) is 5.32 Å². The molecule has 106 valence electrons. The number of halogens is 1. The van der Waals surface area contributed by atoms with E-state index in [0.717, 1.165) is 18.7 Å². The van der Waals surface area contributed by atoms with Crippen LogP contribution >= 0.6 is 11.6 Å². The first-order chi connectivity index (χ1) is 8.93. The van der Waals surface area contributed by atoms with Crippen LogP contribution in [-0.4, -0.2) is 18.5 Å². The molecule has 1 atom stereocenters. The van der Waals surface area contributed by atoms with Crippen molar-refractivity contribution in [3.63, 3.8) is 0 Å². The first-order valence-corrected chi connectivity index (χ1v) is 7.16. The zero-order valence-corrected chi connectivity index (χ0v) is 12.8. The van der Waals surface area contributed by atoms with Crippen LogP contribution < -0.4 is 10.6 Å². The van der Waals surface area contributed by atoms with Crippen LogP contribution in [-0.2, 0) is 0 Å². The molecular formula is C15H23ClN2O. The summed E-state index contributed by atoms with van der Waals surface area (Å²) in [4.78, 5) is 12.3. The first kappa shape index (κ1) is 15.8. The Balaban J connectivity index is 2.83. The summed E-state index contributed by atoms with van der Waals surface area (Å²) < 4.78 is 0. The standard InChI is InChI=1S/C15H23ClN2O/c1-5-17-14-7-6-12(16)9-13(14)15(19)18-11(4)8-10(2)3/h6-7,9-11,17H,5,8H2,1-4H3,(H,18,19). The molecule has 0 saturated heterocycles. The predicted octanol–water partition coefficient (Wildman–Crippen LogP) is 3.94. The van der Waals surface area contributed by atoms with Gasteiger partial charge in [-0.05, 0) is 44.4 Å². The number of anilines is 1. The largest absolute Gasteiger partial charge is 0.385 e. The van der Waals surface area contributed by atoms with Gasteiger partial charge < -0.3 is 10.6 Å². The number of nitrogens with one attached hydrogen (secondary N) is 2. The molecule has 1 aromatic carbocycles. The molecule has 0 aliphatic carbocycles. The van der Waals surface area contributed by atoms with E-state index >= 15 is 0 Å². The molecule has 0 aliphatic heterocycles. The molecule has 2 N–H and O–H groups in total. The van der Waals surface area contributed by atoms with Gasteiger partial charge in [0.25, 0.3) is 5.91 Å². The van der Waals surface area contributed by atoms with Crippen molar-refractivity contribution in [2.45, 2.75) is 40.2 Å². The minimum atomic E-state index is -0.0772. The monoisotopic (exact) mass is 282 g/mol. The Morgan fingerprint density at radius 1 is 1.32 bits per heavy atom. The Hall–Kier alpha value is -1.22. The predicted molar refractivity (Wildman–Crippen MR) is 82.0 cm³/mol. The Bertz CT molecular complexity index is 432. The minimum Gasteiger partial charge on any atom is -0.385 e. The molecule has 1 aromatic rings. The highest BCUT2D eigenvalue weighted by Gasteiger charge is 2.15. The zero-order chi connectivity index (χ0) is 14.4. The molecule has 0 aliphatic rings. The van der Waals surface area contributed by atoms with Crippen LogP contribution in [0.4, 0.5) is 5.69 Å². The van der Waals surface area contributed by atoms with Gasteiger partial charge in [-0.2, -0.15) is 0 Å². The van der Waals surface area contributed by atoms with E-state index in [0.29, 0.717) is 16.5 Å². The fraction of sp³-hybridized carbons (Fsp3) is 0.533. The van der Waals surface area contributed by atoms with E-state index < -0.39 is 0 Å². The van der Waals surface area contributed by atoms with Crippen molar-refractivity contribution < 1.29 is 4.79 Å². The maximum Gasteiger partial charge on any atom is 0.253 e. The highest BCUT2D eigenvalue weighted by atomic mass is 35.5. The molecule has 1 amide bonds. The molecule has 4 heteroatoms. The highest BCUT2D eigenvalue weighted by Crippen LogP contribution is 2.21. The summed E-state index contributed by atoms with van der Waals surface area (Å²) >= 11 is 5.97. The van der Waals surface area contributed by atoms with Crippen LogP contribution in [0.5, 0.6) is 0 Å². The fourth-order valence-corrected chi connectivity index (χ4v) is 2.29. The van der Waals surface area contributed by atoms with E-state index in [4.69, 9.17) is 11.6 Å². The van der Waals surface area contributed by atoms with Gasteiger partial charge in [0, 0.05) is 23.3 Å². The van der Waals surface area contributed by atoms with Gasteiger partial charge >= 0.3 is 0 Å². The van der Waals surface area contributed by atoms with E-state index in [1.54, 1.807) is 12.1 Å². The fourth-order valence-electron chi connectivity index (χ4n) is 2.12. The molecular weight excluding hydrogens is 260 g/mol. The number of carbonyl (C=O) groups is 1. The number of amides is 1. The Labute approximate surface area is 120 Å². The second kappa shape index (κ2) is 7.39. The number of benzene rings is 1. The van der Waals surface area contributed by atoms with Crippen molar-refractivity contribution in [2.75, 3.05) is 11.9 Å². The Kier molecular flexibility index (Phi) is 6.16. The maximum atomic E-state index is 12.3. The molecule has 0 fully saturated rings. The maximum absolute atomic E-state index is 12.3. The second-order valence-corrected chi connectivity index (χ2v) is 5.66.